The van der Waals surface area contributed by atoms with E-state index in [0.717, 1.165) is 0 Å². The van der Waals surface area contributed by atoms with E-state index in [2.05, 4.69) is 25.0 Å². The predicted molar refractivity (Wildman–Crippen MR) is 66.9 cm³/mol. The van der Waals surface area contributed by atoms with Crippen molar-refractivity contribution in [1.82, 2.24) is 24.8 Å². The van der Waals surface area contributed by atoms with Crippen LogP contribution >= 0.6 is 0 Å². The van der Waals surface area contributed by atoms with Gasteiger partial charge in [0.05, 0.1) is 0 Å². The minimum absolute atomic E-state index is 0.184. The van der Waals surface area contributed by atoms with E-state index in [1.807, 2.05) is 0 Å². The molecule has 3 aromatic rings. The molecule has 7 nitrogen and oxygen atoms in total. The van der Waals surface area contributed by atoms with E-state index in [4.69, 9.17) is 0 Å². The minimum Gasteiger partial charge on any atom is -0.354 e. The number of halogens is 3. The predicted octanol–water partition coefficient (Wildman–Crippen LogP) is 1.76. The number of carbonyl (C=O) groups is 1. The van der Waals surface area contributed by atoms with Gasteiger partial charge in [0.1, 0.15) is 11.3 Å². The van der Waals surface area contributed by atoms with Crippen molar-refractivity contribution in [2.45, 2.75) is 6.18 Å². The summed E-state index contributed by atoms with van der Waals surface area (Å²) in [4.78, 5) is 18.9. The third-order valence-electron chi connectivity index (χ3n) is 2.85. The maximum absolute atomic E-state index is 12.4. The van der Waals surface area contributed by atoms with Crippen LogP contribution in [0.1, 0.15) is 16.4 Å². The molecule has 22 heavy (non-hydrogen) atoms. The van der Waals surface area contributed by atoms with Gasteiger partial charge in [0, 0.05) is 25.0 Å². The van der Waals surface area contributed by atoms with E-state index in [9.17, 15) is 18.0 Å². The highest BCUT2D eigenvalue weighted by molar-refractivity contribution is 5.92. The summed E-state index contributed by atoms with van der Waals surface area (Å²) in [5.41, 5.74) is 0.846. The Labute approximate surface area is 120 Å². The number of amides is 1. The summed E-state index contributed by atoms with van der Waals surface area (Å²) >= 11 is 0. The zero-order chi connectivity index (χ0) is 15.9. The fourth-order valence-corrected chi connectivity index (χ4v) is 1.81. The van der Waals surface area contributed by atoms with Gasteiger partial charge in [0.25, 0.3) is 5.91 Å². The third kappa shape index (κ3) is 2.38. The number of pyridine rings is 1. The lowest BCUT2D eigenvalue weighted by molar-refractivity contribution is -0.159. The first-order valence-corrected chi connectivity index (χ1v) is 6.00. The van der Waals surface area contributed by atoms with E-state index >= 15 is 0 Å². The quantitative estimate of drug-likeness (QED) is 0.779. The lowest BCUT2D eigenvalue weighted by Gasteiger charge is -1.97. The second-order valence-electron chi connectivity index (χ2n) is 4.31. The summed E-state index contributed by atoms with van der Waals surface area (Å²) in [6, 6.07) is 2.95. The highest BCUT2D eigenvalue weighted by Crippen LogP contribution is 2.29. The number of imidazole rings is 1. The highest BCUT2D eigenvalue weighted by atomic mass is 19.4. The van der Waals surface area contributed by atoms with Crippen molar-refractivity contribution in [2.75, 3.05) is 7.05 Å². The number of hydrogen-bond donors (Lipinski definition) is 1. The van der Waals surface area contributed by atoms with Crippen molar-refractivity contribution in [3.63, 3.8) is 0 Å². The zero-order valence-electron chi connectivity index (χ0n) is 11.0. The Morgan fingerprint density at radius 1 is 1.36 bits per heavy atom. The van der Waals surface area contributed by atoms with Crippen molar-refractivity contribution < 1.29 is 22.5 Å². The van der Waals surface area contributed by atoms with Crippen molar-refractivity contribution in [1.29, 1.82) is 0 Å². The monoisotopic (exact) mass is 311 g/mol. The first-order valence-electron chi connectivity index (χ1n) is 6.00. The molecule has 1 amide bonds. The van der Waals surface area contributed by atoms with E-state index < -0.39 is 12.1 Å². The molecule has 0 bridgehead atoms. The molecule has 0 saturated heterocycles. The van der Waals surface area contributed by atoms with Gasteiger partial charge in [-0.2, -0.15) is 18.2 Å². The summed E-state index contributed by atoms with van der Waals surface area (Å²) < 4.78 is 43.1. The van der Waals surface area contributed by atoms with Crippen LogP contribution in [-0.4, -0.2) is 32.5 Å². The molecule has 0 unspecified atom stereocenters. The average Bonchev–Trinajstić information content (AvgIpc) is 3.11. The normalized spacial score (nSPS) is 11.8. The number of alkyl halides is 3. The molecule has 10 heteroatoms. The molecule has 0 aliphatic carbocycles. The molecule has 0 fully saturated rings. The Morgan fingerprint density at radius 2 is 2.14 bits per heavy atom. The lowest BCUT2D eigenvalue weighted by Crippen LogP contribution is -2.17. The Kier molecular flexibility index (Phi) is 3.08. The molecule has 3 rings (SSSR count). The molecule has 0 atom stereocenters. The van der Waals surface area contributed by atoms with Crippen LogP contribution in [0.3, 0.4) is 0 Å². The number of aromatic nitrogens is 4. The van der Waals surface area contributed by atoms with Crippen LogP contribution in [0, 0.1) is 0 Å². The van der Waals surface area contributed by atoms with E-state index in [0.29, 0.717) is 11.2 Å². The summed E-state index contributed by atoms with van der Waals surface area (Å²) in [7, 11) is 1.47. The molecule has 0 aromatic carbocycles. The van der Waals surface area contributed by atoms with Crippen LogP contribution in [0.25, 0.3) is 17.0 Å². The van der Waals surface area contributed by atoms with Crippen LogP contribution in [-0.2, 0) is 6.18 Å². The molecule has 114 valence electrons. The molecule has 0 spiro atoms. The second kappa shape index (κ2) is 4.83. The van der Waals surface area contributed by atoms with Gasteiger partial charge in [-0.15, -0.1) is 0 Å². The third-order valence-corrected chi connectivity index (χ3v) is 2.85. The van der Waals surface area contributed by atoms with Crippen molar-refractivity contribution in [2.24, 2.45) is 0 Å². The van der Waals surface area contributed by atoms with Crippen LogP contribution < -0.4 is 5.32 Å². The number of carbonyl (C=O) groups excluding carboxylic acids is 1. The fourth-order valence-electron chi connectivity index (χ4n) is 1.81. The Morgan fingerprint density at radius 3 is 2.77 bits per heavy atom. The molecule has 1 N–H and O–H groups in total. The van der Waals surface area contributed by atoms with E-state index in [1.165, 1.54) is 31.6 Å². The number of rotatable bonds is 2. The molecule has 3 aromatic heterocycles. The van der Waals surface area contributed by atoms with Crippen molar-refractivity contribution in [3.8, 4) is 11.4 Å². The smallest absolute Gasteiger partial charge is 0.354 e. The number of fused-ring (bicyclic) bond motifs is 1. The Balaban J connectivity index is 2.01. The summed E-state index contributed by atoms with van der Waals surface area (Å²) in [5, 5.41) is 5.72. The SMILES string of the molecule is CNC(=O)c1cn2ccc(-c3noc(C(F)(F)F)n3)cc2n1. The molecule has 3 heterocycles. The van der Waals surface area contributed by atoms with E-state index in [-0.39, 0.29) is 17.4 Å². The Hall–Kier alpha value is -2.91. The van der Waals surface area contributed by atoms with E-state index in [1.54, 1.807) is 4.40 Å². The largest absolute Gasteiger partial charge is 0.471 e. The van der Waals surface area contributed by atoms with Crippen LogP contribution in [0.5, 0.6) is 0 Å². The first-order chi connectivity index (χ1) is 10.4. The average molecular weight is 311 g/mol. The van der Waals surface area contributed by atoms with Gasteiger partial charge >= 0.3 is 12.1 Å². The summed E-state index contributed by atoms with van der Waals surface area (Å²) in [5.74, 6) is -2.00. The van der Waals surface area contributed by atoms with Crippen molar-refractivity contribution in [3.05, 3.63) is 36.1 Å². The Bertz CT molecular complexity index is 852. The molecular weight excluding hydrogens is 303 g/mol. The van der Waals surface area contributed by atoms with Crippen LogP contribution in [0.4, 0.5) is 13.2 Å². The fraction of sp³-hybridized carbons (Fsp3) is 0.167. The summed E-state index contributed by atoms with van der Waals surface area (Å²) in [6.07, 6.45) is -1.67. The lowest BCUT2D eigenvalue weighted by atomic mass is 10.2. The zero-order valence-corrected chi connectivity index (χ0v) is 11.0. The number of nitrogens with zero attached hydrogens (tertiary/aromatic N) is 4. The van der Waals surface area contributed by atoms with Gasteiger partial charge in [-0.25, -0.2) is 4.98 Å². The van der Waals surface area contributed by atoms with Gasteiger partial charge in [0.2, 0.25) is 5.82 Å². The maximum atomic E-state index is 12.4. The number of nitrogens with one attached hydrogen (secondary N) is 1. The molecule has 0 aliphatic heterocycles. The summed E-state index contributed by atoms with van der Waals surface area (Å²) in [6.45, 7) is 0. The highest BCUT2D eigenvalue weighted by Gasteiger charge is 2.38. The molecule has 0 saturated carbocycles. The number of hydrogen-bond acceptors (Lipinski definition) is 5. The van der Waals surface area contributed by atoms with Gasteiger partial charge in [-0.3, -0.25) is 4.79 Å². The minimum atomic E-state index is -4.70. The second-order valence-corrected chi connectivity index (χ2v) is 4.31. The maximum Gasteiger partial charge on any atom is 0.471 e. The van der Waals surface area contributed by atoms with Gasteiger partial charge in [-0.05, 0) is 12.1 Å². The topological polar surface area (TPSA) is 85.3 Å². The van der Waals surface area contributed by atoms with Crippen LogP contribution in [0.2, 0.25) is 0 Å². The standard InChI is InChI=1S/C12H8F3N5O2/c1-16-10(21)7-5-20-3-2-6(4-8(20)17-7)9-18-11(22-19-9)12(13,14)15/h2-5H,1H3,(H,16,21). The van der Waals surface area contributed by atoms with Gasteiger partial charge < -0.3 is 14.2 Å². The molecular formula is C12H8F3N5O2. The first kappa shape index (κ1) is 14.0. The van der Waals surface area contributed by atoms with Crippen LogP contribution in [0.15, 0.2) is 29.0 Å². The van der Waals surface area contributed by atoms with Gasteiger partial charge in [0.15, 0.2) is 0 Å². The molecule has 0 radical (unpaired) electrons. The van der Waals surface area contributed by atoms with Gasteiger partial charge in [-0.1, -0.05) is 5.16 Å². The van der Waals surface area contributed by atoms with Crippen molar-refractivity contribution >= 4 is 11.6 Å². The molecule has 0 aliphatic rings.